The number of pyridine rings is 1. The van der Waals surface area contributed by atoms with Crippen molar-refractivity contribution in [1.82, 2.24) is 14.9 Å². The van der Waals surface area contributed by atoms with Crippen LogP contribution in [0.4, 0.5) is 17.2 Å². The molecule has 4 heterocycles. The Balaban J connectivity index is 1.46. The van der Waals surface area contributed by atoms with Crippen molar-refractivity contribution in [3.05, 3.63) is 35.0 Å². The molecule has 2 aliphatic heterocycles. The maximum absolute atomic E-state index is 13.1. The van der Waals surface area contributed by atoms with E-state index in [1.54, 1.807) is 29.3 Å². The molecule has 3 aromatic rings. The maximum Gasteiger partial charge on any atom is 0.257 e. The monoisotopic (exact) mass is 535 g/mol. The van der Waals surface area contributed by atoms with Gasteiger partial charge in [-0.3, -0.25) is 4.79 Å². The van der Waals surface area contributed by atoms with Crippen molar-refractivity contribution in [2.45, 2.75) is 0 Å². The number of benzene rings is 1. The Kier molecular flexibility index (Phi) is 6.82. The lowest BCUT2D eigenvalue weighted by molar-refractivity contribution is 0.0298. The average molecular weight is 536 g/mol. The van der Waals surface area contributed by atoms with Gasteiger partial charge in [0, 0.05) is 38.2 Å². The molecular formula is C23H26ClN5O6S. The van der Waals surface area contributed by atoms with Gasteiger partial charge in [0.15, 0.2) is 11.5 Å². The summed E-state index contributed by atoms with van der Waals surface area (Å²) < 4.78 is 40.3. The number of sulfone groups is 1. The average Bonchev–Trinajstić information content (AvgIpc) is 3.24. The van der Waals surface area contributed by atoms with Crippen molar-refractivity contribution in [2.75, 3.05) is 68.7 Å². The van der Waals surface area contributed by atoms with E-state index < -0.39 is 9.84 Å². The fourth-order valence-corrected chi connectivity index (χ4v) is 4.87. The summed E-state index contributed by atoms with van der Waals surface area (Å²) >= 11 is 6.33. The van der Waals surface area contributed by atoms with Gasteiger partial charge in [-0.25, -0.2) is 13.4 Å². The highest BCUT2D eigenvalue weighted by Crippen LogP contribution is 2.42. The van der Waals surface area contributed by atoms with Gasteiger partial charge in [0.05, 0.1) is 46.3 Å². The maximum atomic E-state index is 13.1. The number of morpholine rings is 1. The number of hydrogen-bond donors (Lipinski definition) is 3. The Labute approximate surface area is 213 Å². The number of fused-ring (bicyclic) bond motifs is 2. The predicted molar refractivity (Wildman–Crippen MR) is 137 cm³/mol. The number of rotatable bonds is 7. The zero-order chi connectivity index (χ0) is 25.3. The first-order valence-corrected chi connectivity index (χ1v) is 13.9. The van der Waals surface area contributed by atoms with Crippen LogP contribution in [0.5, 0.6) is 11.5 Å². The summed E-state index contributed by atoms with van der Waals surface area (Å²) in [6.07, 6.45) is 2.81. The third-order valence-electron chi connectivity index (χ3n) is 5.86. The molecule has 0 saturated carbocycles. The van der Waals surface area contributed by atoms with Gasteiger partial charge in [-0.2, -0.15) is 0 Å². The Morgan fingerprint density at radius 2 is 1.89 bits per heavy atom. The first-order chi connectivity index (χ1) is 17.3. The number of nitrogens with zero attached hydrogens (tertiary/aromatic N) is 2. The summed E-state index contributed by atoms with van der Waals surface area (Å²) in [5.41, 5.74) is 2.16. The number of H-pyrrole nitrogens is 1. The van der Waals surface area contributed by atoms with Crippen molar-refractivity contribution in [1.29, 1.82) is 0 Å². The molecule has 0 aliphatic carbocycles. The molecule has 0 radical (unpaired) electrons. The van der Waals surface area contributed by atoms with E-state index in [2.05, 4.69) is 20.6 Å². The van der Waals surface area contributed by atoms with Gasteiger partial charge >= 0.3 is 0 Å². The van der Waals surface area contributed by atoms with Crippen LogP contribution in [0.2, 0.25) is 5.02 Å². The summed E-state index contributed by atoms with van der Waals surface area (Å²) in [4.78, 5) is 22.5. The number of aromatic amines is 1. The van der Waals surface area contributed by atoms with Crippen LogP contribution >= 0.6 is 11.6 Å². The lowest BCUT2D eigenvalue weighted by atomic mass is 10.1. The zero-order valence-corrected chi connectivity index (χ0v) is 21.2. The second-order valence-electron chi connectivity index (χ2n) is 8.52. The molecule has 2 aromatic heterocycles. The standard InChI is InChI=1S/C23H26ClN5O6S/c1-36(31,32)11-4-25-17-12-18(28-22-19(17)15(24)13-26-22)27-16-3-2-14(20-21(16)35-10-9-34-20)23(30)29-5-7-33-8-6-29/h2-3,12-13H,4-11H2,1H3,(H3,25,26,27,28). The van der Waals surface area contributed by atoms with Crippen molar-refractivity contribution in [2.24, 2.45) is 0 Å². The highest BCUT2D eigenvalue weighted by atomic mass is 35.5. The molecule has 0 atom stereocenters. The molecule has 13 heteroatoms. The van der Waals surface area contributed by atoms with Gasteiger partial charge < -0.3 is 34.7 Å². The topological polar surface area (TPSA) is 135 Å². The molecule has 1 aromatic carbocycles. The predicted octanol–water partition coefficient (Wildman–Crippen LogP) is 2.66. The summed E-state index contributed by atoms with van der Waals surface area (Å²) in [7, 11) is -3.14. The van der Waals surface area contributed by atoms with Gasteiger partial charge in [-0.15, -0.1) is 0 Å². The molecule has 0 unspecified atom stereocenters. The minimum Gasteiger partial charge on any atom is -0.485 e. The Hall–Kier alpha value is -3.22. The van der Waals surface area contributed by atoms with E-state index in [-0.39, 0.29) is 18.2 Å². The molecular weight excluding hydrogens is 510 g/mol. The molecule has 2 aliphatic rings. The molecule has 0 spiro atoms. The van der Waals surface area contributed by atoms with E-state index in [4.69, 9.17) is 25.8 Å². The second-order valence-corrected chi connectivity index (χ2v) is 11.2. The van der Waals surface area contributed by atoms with E-state index in [1.165, 1.54) is 6.26 Å². The van der Waals surface area contributed by atoms with Crippen LogP contribution in [0.25, 0.3) is 11.0 Å². The smallest absolute Gasteiger partial charge is 0.257 e. The first kappa shape index (κ1) is 24.5. The van der Waals surface area contributed by atoms with E-state index in [0.29, 0.717) is 89.8 Å². The normalized spacial score (nSPS) is 15.7. The highest BCUT2D eigenvalue weighted by molar-refractivity contribution is 7.90. The summed E-state index contributed by atoms with van der Waals surface area (Å²) in [6.45, 7) is 2.93. The first-order valence-electron chi connectivity index (χ1n) is 11.5. The number of anilines is 3. The number of amides is 1. The van der Waals surface area contributed by atoms with Crippen molar-refractivity contribution in [3.63, 3.8) is 0 Å². The number of aromatic nitrogens is 2. The fraction of sp³-hybridized carbons (Fsp3) is 0.391. The molecule has 0 bridgehead atoms. The SMILES string of the molecule is CS(=O)(=O)CCNc1cc(Nc2ccc(C(=O)N3CCOCC3)c3c2OCCO3)nc2[nH]cc(Cl)c12. The second kappa shape index (κ2) is 10.0. The third kappa shape index (κ3) is 5.15. The van der Waals surface area contributed by atoms with Crippen LogP contribution < -0.4 is 20.1 Å². The summed E-state index contributed by atoms with van der Waals surface area (Å²) in [5, 5.41) is 7.50. The number of hydrogen-bond acceptors (Lipinski definition) is 9. The minimum atomic E-state index is -3.14. The van der Waals surface area contributed by atoms with Crippen LogP contribution in [0, 0.1) is 0 Å². The molecule has 3 N–H and O–H groups in total. The van der Waals surface area contributed by atoms with Crippen molar-refractivity contribution < 1.29 is 27.4 Å². The van der Waals surface area contributed by atoms with Gasteiger partial charge in [0.1, 0.15) is 34.5 Å². The Morgan fingerprint density at radius 1 is 1.14 bits per heavy atom. The zero-order valence-electron chi connectivity index (χ0n) is 19.6. The van der Waals surface area contributed by atoms with Gasteiger partial charge in [-0.1, -0.05) is 11.6 Å². The molecule has 11 nitrogen and oxygen atoms in total. The largest absolute Gasteiger partial charge is 0.485 e. The van der Waals surface area contributed by atoms with Gasteiger partial charge in [0.25, 0.3) is 5.91 Å². The third-order valence-corrected chi connectivity index (χ3v) is 7.11. The van der Waals surface area contributed by atoms with Crippen LogP contribution in [0.1, 0.15) is 10.4 Å². The molecule has 1 fully saturated rings. The molecule has 192 valence electrons. The lowest BCUT2D eigenvalue weighted by Crippen LogP contribution is -2.41. The fourth-order valence-electron chi connectivity index (χ4n) is 4.15. The quantitative estimate of drug-likeness (QED) is 0.417. The summed E-state index contributed by atoms with van der Waals surface area (Å²) in [5.74, 6) is 1.12. The van der Waals surface area contributed by atoms with Crippen molar-refractivity contribution in [3.8, 4) is 11.5 Å². The van der Waals surface area contributed by atoms with Crippen LogP contribution in [0.15, 0.2) is 24.4 Å². The van der Waals surface area contributed by atoms with Crippen molar-refractivity contribution >= 4 is 55.6 Å². The van der Waals surface area contributed by atoms with Crippen LogP contribution in [-0.4, -0.2) is 87.3 Å². The number of nitrogens with one attached hydrogen (secondary N) is 3. The van der Waals surface area contributed by atoms with Crippen LogP contribution in [0.3, 0.4) is 0 Å². The van der Waals surface area contributed by atoms with E-state index in [1.807, 2.05) is 0 Å². The minimum absolute atomic E-state index is 0.0288. The lowest BCUT2D eigenvalue weighted by Gasteiger charge is -2.29. The van der Waals surface area contributed by atoms with E-state index in [9.17, 15) is 13.2 Å². The number of carbonyl (C=O) groups is 1. The Bertz CT molecular complexity index is 1400. The van der Waals surface area contributed by atoms with Crippen LogP contribution in [-0.2, 0) is 14.6 Å². The molecule has 5 rings (SSSR count). The van der Waals surface area contributed by atoms with E-state index >= 15 is 0 Å². The highest BCUT2D eigenvalue weighted by Gasteiger charge is 2.28. The molecule has 1 saturated heterocycles. The number of ether oxygens (including phenoxy) is 3. The van der Waals surface area contributed by atoms with Gasteiger partial charge in [0.2, 0.25) is 0 Å². The van der Waals surface area contributed by atoms with E-state index in [0.717, 1.165) is 0 Å². The number of halogens is 1. The Morgan fingerprint density at radius 3 is 2.64 bits per heavy atom. The van der Waals surface area contributed by atoms with Gasteiger partial charge in [-0.05, 0) is 12.1 Å². The molecule has 1 amide bonds. The summed E-state index contributed by atoms with van der Waals surface area (Å²) in [6, 6.07) is 5.21. The number of carbonyl (C=O) groups excluding carboxylic acids is 1. The molecule has 36 heavy (non-hydrogen) atoms.